The van der Waals surface area contributed by atoms with Crippen LogP contribution in [0.5, 0.6) is 0 Å². The fourth-order valence-corrected chi connectivity index (χ4v) is 3.87. The molecule has 0 aliphatic carbocycles. The molecular weight excluding hydrogens is 420 g/mol. The molecule has 0 saturated heterocycles. The fraction of sp³-hybridized carbons (Fsp3) is 0.889. The Morgan fingerprint density at radius 3 is 1.45 bits per heavy atom. The minimum absolute atomic E-state index is 0.0852. The first-order chi connectivity index (χ1) is 14.7. The van der Waals surface area contributed by atoms with Crippen molar-refractivity contribution in [1.82, 2.24) is 0 Å². The summed E-state index contributed by atoms with van der Waals surface area (Å²) in [5.74, 6) is -1.79. The van der Waals surface area contributed by atoms with Crippen molar-refractivity contribution in [1.29, 1.82) is 0 Å². The topological polar surface area (TPSA) is 112 Å². The van der Waals surface area contributed by atoms with Gasteiger partial charge in [-0.1, -0.05) is 87.5 Å². The first-order valence-corrected chi connectivity index (χ1v) is 12.4. The maximum atomic E-state index is 10.7. The van der Waals surface area contributed by atoms with Crippen LogP contribution in [0.2, 0.25) is 0 Å². The molecule has 6 nitrogen and oxygen atoms in total. The highest BCUT2D eigenvalue weighted by Gasteiger charge is 2.31. The minimum Gasteiger partial charge on any atom is -0.481 e. The lowest BCUT2D eigenvalue weighted by molar-refractivity contribution is -0.148. The summed E-state index contributed by atoms with van der Waals surface area (Å²) in [6.45, 7) is 20.2. The van der Waals surface area contributed by atoms with Gasteiger partial charge >= 0.3 is 17.9 Å². The Labute approximate surface area is 203 Å². The van der Waals surface area contributed by atoms with Crippen molar-refractivity contribution in [3.8, 4) is 0 Å². The maximum Gasteiger partial charge on any atom is 0.309 e. The summed E-state index contributed by atoms with van der Waals surface area (Å²) < 4.78 is 0. The van der Waals surface area contributed by atoms with Gasteiger partial charge in [-0.25, -0.2) is 0 Å². The molecule has 198 valence electrons. The predicted octanol–water partition coefficient (Wildman–Crippen LogP) is 7.89. The lowest BCUT2D eigenvalue weighted by atomic mass is 9.76. The van der Waals surface area contributed by atoms with Gasteiger partial charge in [0.1, 0.15) is 0 Å². The zero-order valence-corrected chi connectivity index (χ0v) is 23.2. The first kappa shape index (κ1) is 36.0. The summed E-state index contributed by atoms with van der Waals surface area (Å²) in [7, 11) is 0. The molecule has 0 radical (unpaired) electrons. The van der Waals surface area contributed by atoms with E-state index in [1.165, 1.54) is 25.7 Å². The molecule has 6 heteroatoms. The molecule has 0 spiro atoms. The second-order valence-corrected chi connectivity index (χ2v) is 12.3. The highest BCUT2D eigenvalue weighted by atomic mass is 16.4. The van der Waals surface area contributed by atoms with Crippen molar-refractivity contribution in [2.24, 2.45) is 22.2 Å². The summed E-state index contributed by atoms with van der Waals surface area (Å²) >= 11 is 0. The average Bonchev–Trinajstić information content (AvgIpc) is 2.54. The number of unbranched alkanes of at least 4 members (excludes halogenated alkanes) is 5. The van der Waals surface area contributed by atoms with E-state index in [2.05, 4.69) is 48.5 Å². The number of carboxylic acids is 3. The Bertz CT molecular complexity index is 538. The number of hydrogen-bond acceptors (Lipinski definition) is 3. The van der Waals surface area contributed by atoms with Crippen molar-refractivity contribution >= 4 is 17.9 Å². The SMILES string of the molecule is CC(C)(C)CC(C)(C)C(=O)O.CC(CC(=O)O)CC(C)(C)C.CCCCCCCCC(=O)O. The monoisotopic (exact) mass is 474 g/mol. The van der Waals surface area contributed by atoms with Gasteiger partial charge in [0.25, 0.3) is 0 Å². The molecule has 0 aromatic carbocycles. The van der Waals surface area contributed by atoms with Crippen molar-refractivity contribution in [2.75, 3.05) is 0 Å². The summed E-state index contributed by atoms with van der Waals surface area (Å²) in [5, 5.41) is 25.6. The molecule has 0 aromatic rings. The van der Waals surface area contributed by atoms with Crippen LogP contribution in [0, 0.1) is 22.2 Å². The molecule has 0 saturated carbocycles. The molecule has 0 heterocycles. The van der Waals surface area contributed by atoms with Crippen LogP contribution in [0.3, 0.4) is 0 Å². The maximum absolute atomic E-state index is 10.7. The lowest BCUT2D eigenvalue weighted by Crippen LogP contribution is -2.28. The van der Waals surface area contributed by atoms with Gasteiger partial charge in [-0.15, -0.1) is 0 Å². The molecule has 1 unspecified atom stereocenters. The van der Waals surface area contributed by atoms with Gasteiger partial charge in [-0.3, -0.25) is 14.4 Å². The van der Waals surface area contributed by atoms with E-state index in [9.17, 15) is 14.4 Å². The molecule has 0 aromatic heterocycles. The van der Waals surface area contributed by atoms with Crippen molar-refractivity contribution < 1.29 is 29.7 Å². The number of rotatable bonds is 12. The Morgan fingerprint density at radius 2 is 1.15 bits per heavy atom. The van der Waals surface area contributed by atoms with Gasteiger partial charge in [0.2, 0.25) is 0 Å². The van der Waals surface area contributed by atoms with Crippen LogP contribution >= 0.6 is 0 Å². The first-order valence-electron chi connectivity index (χ1n) is 12.4. The average molecular weight is 475 g/mol. The molecule has 0 bridgehead atoms. The minimum atomic E-state index is -0.715. The quantitative estimate of drug-likeness (QED) is 0.248. The van der Waals surface area contributed by atoms with Gasteiger partial charge in [0, 0.05) is 12.8 Å². The molecule has 0 amide bonds. The van der Waals surface area contributed by atoms with Gasteiger partial charge in [0.05, 0.1) is 5.41 Å². The summed E-state index contributed by atoms with van der Waals surface area (Å²) in [6.07, 6.45) is 9.21. The Balaban J connectivity index is -0.000000409. The Morgan fingerprint density at radius 1 is 0.697 bits per heavy atom. The van der Waals surface area contributed by atoms with Crippen molar-refractivity contribution in [2.45, 2.75) is 133 Å². The highest BCUT2D eigenvalue weighted by Crippen LogP contribution is 2.33. The highest BCUT2D eigenvalue weighted by molar-refractivity contribution is 5.73. The largest absolute Gasteiger partial charge is 0.481 e. The number of hydrogen-bond donors (Lipinski definition) is 3. The van der Waals surface area contributed by atoms with Crippen LogP contribution in [-0.4, -0.2) is 33.2 Å². The van der Waals surface area contributed by atoms with E-state index in [4.69, 9.17) is 15.3 Å². The van der Waals surface area contributed by atoms with Gasteiger partial charge in [-0.05, 0) is 49.9 Å². The lowest BCUT2D eigenvalue weighted by Gasteiger charge is -2.28. The van der Waals surface area contributed by atoms with E-state index >= 15 is 0 Å². The second kappa shape index (κ2) is 17.8. The van der Waals surface area contributed by atoms with Gasteiger partial charge in [-0.2, -0.15) is 0 Å². The molecule has 33 heavy (non-hydrogen) atoms. The molecule has 0 aliphatic rings. The zero-order valence-electron chi connectivity index (χ0n) is 23.2. The van der Waals surface area contributed by atoms with Crippen LogP contribution in [0.1, 0.15) is 133 Å². The summed E-state index contributed by atoms with van der Waals surface area (Å²) in [4.78, 5) is 31.1. The number of aliphatic carboxylic acids is 3. The van der Waals surface area contributed by atoms with E-state index in [1.807, 2.05) is 6.92 Å². The normalized spacial score (nSPS) is 12.5. The Kier molecular flexibility index (Phi) is 19.4. The smallest absolute Gasteiger partial charge is 0.309 e. The Hall–Kier alpha value is -1.59. The molecule has 1 atom stereocenters. The van der Waals surface area contributed by atoms with Crippen LogP contribution < -0.4 is 0 Å². The molecule has 0 rings (SSSR count). The molecule has 0 aliphatic heterocycles. The molecular formula is C27H54O6. The third kappa shape index (κ3) is 32.7. The predicted molar refractivity (Wildman–Crippen MR) is 137 cm³/mol. The van der Waals surface area contributed by atoms with E-state index in [1.54, 1.807) is 13.8 Å². The van der Waals surface area contributed by atoms with Crippen molar-refractivity contribution in [3.63, 3.8) is 0 Å². The van der Waals surface area contributed by atoms with Gasteiger partial charge in [0.15, 0.2) is 0 Å². The van der Waals surface area contributed by atoms with Crippen LogP contribution in [-0.2, 0) is 14.4 Å². The standard InChI is InChI=1S/3C9H18O2/c1-8(2,3)6-9(4,5)7(10)11;1-7(5-8(10)11)6-9(2,3)4;1-2-3-4-5-6-7-8-9(10)11/h6H2,1-5H3,(H,10,11);7H,5-6H2,1-4H3,(H,10,11);2-8H2,1H3,(H,10,11). The van der Waals surface area contributed by atoms with Crippen LogP contribution in [0.25, 0.3) is 0 Å². The number of carbonyl (C=O) groups is 3. The van der Waals surface area contributed by atoms with Crippen LogP contribution in [0.15, 0.2) is 0 Å². The third-order valence-electron chi connectivity index (χ3n) is 4.78. The zero-order chi connectivity index (χ0) is 26.9. The van der Waals surface area contributed by atoms with Gasteiger partial charge < -0.3 is 15.3 Å². The third-order valence-corrected chi connectivity index (χ3v) is 4.78. The van der Waals surface area contributed by atoms with Crippen LogP contribution in [0.4, 0.5) is 0 Å². The van der Waals surface area contributed by atoms with E-state index in [-0.39, 0.29) is 23.2 Å². The number of carboxylic acid groups (broad SMARTS) is 3. The summed E-state index contributed by atoms with van der Waals surface area (Å²) in [5.41, 5.74) is -0.269. The van der Waals surface area contributed by atoms with E-state index in [0.29, 0.717) is 12.8 Å². The van der Waals surface area contributed by atoms with E-state index in [0.717, 1.165) is 19.3 Å². The van der Waals surface area contributed by atoms with Crippen molar-refractivity contribution in [3.05, 3.63) is 0 Å². The fourth-order valence-electron chi connectivity index (χ4n) is 3.87. The van der Waals surface area contributed by atoms with E-state index < -0.39 is 23.3 Å². The molecule has 0 fully saturated rings. The second-order valence-electron chi connectivity index (χ2n) is 12.3. The summed E-state index contributed by atoms with van der Waals surface area (Å²) in [6, 6.07) is 0. The molecule has 3 N–H and O–H groups in total.